The van der Waals surface area contributed by atoms with E-state index in [-0.39, 0.29) is 18.6 Å². The van der Waals surface area contributed by atoms with Gasteiger partial charge >= 0.3 is 0 Å². The summed E-state index contributed by atoms with van der Waals surface area (Å²) >= 11 is 0. The summed E-state index contributed by atoms with van der Waals surface area (Å²) < 4.78 is 31.2. The maximum absolute atomic E-state index is 13.6. The summed E-state index contributed by atoms with van der Waals surface area (Å²) in [7, 11) is 1.18. The van der Waals surface area contributed by atoms with Crippen molar-refractivity contribution in [3.8, 4) is 5.75 Å². The third kappa shape index (κ3) is 2.43. The molecule has 5 heteroatoms. The molecule has 1 unspecified atom stereocenters. The molecule has 0 heterocycles. The Labute approximate surface area is 86.5 Å². The fourth-order valence-electron chi connectivity index (χ4n) is 1.32. The number of benzene rings is 1. The Bertz CT molecular complexity index is 344. The number of nitrogens with two attached hydrogens (primary N) is 1. The molecule has 0 aromatic heterocycles. The molecule has 0 fully saturated rings. The lowest BCUT2D eigenvalue weighted by molar-refractivity contribution is 0.274. The van der Waals surface area contributed by atoms with Gasteiger partial charge in [-0.1, -0.05) is 6.07 Å². The first-order chi connectivity index (χ1) is 7.11. The van der Waals surface area contributed by atoms with Gasteiger partial charge in [-0.3, -0.25) is 0 Å². The number of methoxy groups -OCH3 is 1. The van der Waals surface area contributed by atoms with E-state index in [2.05, 4.69) is 4.74 Å². The van der Waals surface area contributed by atoms with Crippen LogP contribution in [0.1, 0.15) is 18.0 Å². The van der Waals surface area contributed by atoms with E-state index in [4.69, 9.17) is 10.8 Å². The molecule has 1 aromatic carbocycles. The molecule has 0 amide bonds. The number of halogens is 2. The second kappa shape index (κ2) is 5.04. The first kappa shape index (κ1) is 11.9. The van der Waals surface area contributed by atoms with Crippen LogP contribution in [-0.4, -0.2) is 18.8 Å². The number of hydrogen-bond acceptors (Lipinski definition) is 3. The van der Waals surface area contributed by atoms with Crippen LogP contribution in [0, 0.1) is 11.6 Å². The zero-order chi connectivity index (χ0) is 11.4. The second-order valence-corrected chi connectivity index (χ2v) is 3.10. The van der Waals surface area contributed by atoms with Crippen LogP contribution in [0.15, 0.2) is 12.1 Å². The minimum atomic E-state index is -0.807. The summed E-state index contributed by atoms with van der Waals surface area (Å²) in [6.45, 7) is -0.152. The van der Waals surface area contributed by atoms with Gasteiger partial charge in [0.15, 0.2) is 17.4 Å². The molecular weight excluding hydrogens is 204 g/mol. The zero-order valence-electron chi connectivity index (χ0n) is 8.34. The van der Waals surface area contributed by atoms with Gasteiger partial charge in [-0.15, -0.1) is 0 Å². The molecule has 0 saturated heterocycles. The summed E-state index contributed by atoms with van der Waals surface area (Å²) in [4.78, 5) is 0. The third-order valence-electron chi connectivity index (χ3n) is 2.12. The summed E-state index contributed by atoms with van der Waals surface area (Å²) in [6, 6.07) is 1.69. The predicted octanol–water partition coefficient (Wildman–Crippen LogP) is 1.36. The number of rotatable bonds is 4. The zero-order valence-corrected chi connectivity index (χ0v) is 8.34. The van der Waals surface area contributed by atoms with E-state index < -0.39 is 23.4 Å². The normalized spacial score (nSPS) is 12.6. The number of aliphatic hydroxyl groups is 1. The SMILES string of the molecule is COc1c(F)ccc(C(N)CCO)c1F. The molecule has 0 aliphatic rings. The smallest absolute Gasteiger partial charge is 0.190 e. The molecule has 0 radical (unpaired) electrons. The van der Waals surface area contributed by atoms with E-state index in [1.807, 2.05) is 0 Å². The van der Waals surface area contributed by atoms with Gasteiger partial charge in [-0.2, -0.15) is 0 Å². The van der Waals surface area contributed by atoms with Gasteiger partial charge in [0.1, 0.15) is 0 Å². The maximum atomic E-state index is 13.6. The Balaban J connectivity index is 3.09. The van der Waals surface area contributed by atoms with Crippen molar-refractivity contribution < 1.29 is 18.6 Å². The molecule has 0 bridgehead atoms. The van der Waals surface area contributed by atoms with Crippen molar-refractivity contribution in [1.82, 2.24) is 0 Å². The lowest BCUT2D eigenvalue weighted by Gasteiger charge is -2.13. The van der Waals surface area contributed by atoms with Gasteiger partial charge in [-0.05, 0) is 12.5 Å². The van der Waals surface area contributed by atoms with Crippen molar-refractivity contribution in [2.24, 2.45) is 5.73 Å². The Hall–Kier alpha value is -1.20. The molecule has 0 saturated carbocycles. The maximum Gasteiger partial charge on any atom is 0.190 e. The van der Waals surface area contributed by atoms with Crippen LogP contribution in [0.2, 0.25) is 0 Å². The van der Waals surface area contributed by atoms with Crippen LogP contribution < -0.4 is 10.5 Å². The van der Waals surface area contributed by atoms with Crippen molar-refractivity contribution in [3.05, 3.63) is 29.3 Å². The van der Waals surface area contributed by atoms with E-state index in [1.54, 1.807) is 0 Å². The van der Waals surface area contributed by atoms with Crippen LogP contribution in [0.5, 0.6) is 5.75 Å². The molecule has 1 rings (SSSR count). The van der Waals surface area contributed by atoms with Crippen molar-refractivity contribution in [1.29, 1.82) is 0 Å². The summed E-state index contributed by atoms with van der Waals surface area (Å²) in [5, 5.41) is 8.66. The average Bonchev–Trinajstić information content (AvgIpc) is 2.18. The highest BCUT2D eigenvalue weighted by atomic mass is 19.1. The Morgan fingerprint density at radius 2 is 2.13 bits per heavy atom. The summed E-state index contributed by atoms with van der Waals surface area (Å²) in [5.41, 5.74) is 5.74. The van der Waals surface area contributed by atoms with Crippen LogP contribution >= 0.6 is 0 Å². The van der Waals surface area contributed by atoms with Crippen molar-refractivity contribution in [2.45, 2.75) is 12.5 Å². The lowest BCUT2D eigenvalue weighted by Crippen LogP contribution is -2.14. The van der Waals surface area contributed by atoms with Gasteiger partial charge in [0.05, 0.1) is 7.11 Å². The quantitative estimate of drug-likeness (QED) is 0.800. The van der Waals surface area contributed by atoms with E-state index in [1.165, 1.54) is 13.2 Å². The van der Waals surface area contributed by atoms with Gasteiger partial charge in [0, 0.05) is 18.2 Å². The van der Waals surface area contributed by atoms with E-state index >= 15 is 0 Å². The fourth-order valence-corrected chi connectivity index (χ4v) is 1.32. The molecule has 0 aliphatic heterocycles. The van der Waals surface area contributed by atoms with Crippen LogP contribution in [0.3, 0.4) is 0 Å². The van der Waals surface area contributed by atoms with Gasteiger partial charge in [0.2, 0.25) is 0 Å². The molecule has 15 heavy (non-hydrogen) atoms. The van der Waals surface area contributed by atoms with Gasteiger partial charge in [0.25, 0.3) is 0 Å². The highest BCUT2D eigenvalue weighted by Gasteiger charge is 2.18. The minimum Gasteiger partial charge on any atom is -0.491 e. The van der Waals surface area contributed by atoms with Crippen molar-refractivity contribution in [2.75, 3.05) is 13.7 Å². The fraction of sp³-hybridized carbons (Fsp3) is 0.400. The molecule has 3 nitrogen and oxygen atoms in total. The highest BCUT2D eigenvalue weighted by Crippen LogP contribution is 2.28. The monoisotopic (exact) mass is 217 g/mol. The van der Waals surface area contributed by atoms with E-state index in [0.29, 0.717) is 0 Å². The minimum absolute atomic E-state index is 0.141. The van der Waals surface area contributed by atoms with Crippen LogP contribution in [0.4, 0.5) is 8.78 Å². The van der Waals surface area contributed by atoms with Gasteiger partial charge < -0.3 is 15.6 Å². The van der Waals surface area contributed by atoms with Crippen LogP contribution in [0.25, 0.3) is 0 Å². The molecule has 84 valence electrons. The van der Waals surface area contributed by atoms with Gasteiger partial charge in [-0.25, -0.2) is 8.78 Å². The third-order valence-corrected chi connectivity index (χ3v) is 2.12. The van der Waals surface area contributed by atoms with Crippen molar-refractivity contribution in [3.63, 3.8) is 0 Å². The highest BCUT2D eigenvalue weighted by molar-refractivity contribution is 5.34. The van der Waals surface area contributed by atoms with Crippen molar-refractivity contribution >= 4 is 0 Å². The second-order valence-electron chi connectivity index (χ2n) is 3.10. The first-order valence-corrected chi connectivity index (χ1v) is 4.50. The van der Waals surface area contributed by atoms with E-state index in [9.17, 15) is 8.78 Å². The Morgan fingerprint density at radius 3 is 2.67 bits per heavy atom. The molecular formula is C10H13F2NO2. The number of ether oxygens (including phenoxy) is 1. The van der Waals surface area contributed by atoms with Crippen LogP contribution in [-0.2, 0) is 0 Å². The average molecular weight is 217 g/mol. The van der Waals surface area contributed by atoms with E-state index in [0.717, 1.165) is 6.07 Å². The number of aliphatic hydroxyl groups excluding tert-OH is 1. The Kier molecular flexibility index (Phi) is 3.99. The Morgan fingerprint density at radius 1 is 1.47 bits per heavy atom. The summed E-state index contributed by atoms with van der Waals surface area (Å²) in [5.74, 6) is -2.02. The molecule has 1 atom stereocenters. The molecule has 1 aromatic rings. The lowest BCUT2D eigenvalue weighted by atomic mass is 10.0. The standard InChI is InChI=1S/C10H13F2NO2/c1-15-10-7(11)3-2-6(9(10)12)8(13)4-5-14/h2-3,8,14H,4-5,13H2,1H3. The summed E-state index contributed by atoms with van der Waals surface area (Å²) in [6.07, 6.45) is 0.214. The predicted molar refractivity (Wildman–Crippen MR) is 51.5 cm³/mol. The molecule has 3 N–H and O–H groups in total. The first-order valence-electron chi connectivity index (χ1n) is 4.50. The molecule has 0 spiro atoms. The molecule has 0 aliphatic carbocycles. The largest absolute Gasteiger partial charge is 0.491 e. The number of hydrogen-bond donors (Lipinski definition) is 2. The topological polar surface area (TPSA) is 55.5 Å².